The highest BCUT2D eigenvalue weighted by Gasteiger charge is 2.22. The Bertz CT molecular complexity index is 1170. The normalized spacial score (nSPS) is 13.6. The van der Waals surface area contributed by atoms with Crippen LogP contribution in [0.15, 0.2) is 48.8 Å². The van der Waals surface area contributed by atoms with Crippen LogP contribution < -0.4 is 14.8 Å². The molecule has 0 saturated carbocycles. The van der Waals surface area contributed by atoms with Crippen molar-refractivity contribution in [3.8, 4) is 17.2 Å². The molecule has 1 aliphatic rings. The Morgan fingerprint density at radius 2 is 1.91 bits per heavy atom. The number of rotatable bonds is 10. The second-order valence-corrected chi connectivity index (χ2v) is 8.21. The Hall–Kier alpha value is -3.92. The predicted molar refractivity (Wildman–Crippen MR) is 129 cm³/mol. The molecule has 1 aliphatic heterocycles. The highest BCUT2D eigenvalue weighted by molar-refractivity contribution is 6.04. The smallest absolute Gasteiger partial charge is 0.272 e. The Balaban J connectivity index is 1.53. The van der Waals surface area contributed by atoms with E-state index < -0.39 is 0 Å². The van der Waals surface area contributed by atoms with Gasteiger partial charge in [-0.25, -0.2) is 4.98 Å². The van der Waals surface area contributed by atoms with Crippen molar-refractivity contribution in [3.63, 3.8) is 0 Å². The van der Waals surface area contributed by atoms with Gasteiger partial charge < -0.3 is 24.4 Å². The van der Waals surface area contributed by atoms with Crippen LogP contribution in [0.1, 0.15) is 41.1 Å². The van der Waals surface area contributed by atoms with Gasteiger partial charge in [-0.2, -0.15) is 5.10 Å². The van der Waals surface area contributed by atoms with Crippen LogP contribution in [0, 0.1) is 0 Å². The standard InChI is InChI=1S/C25H29N5O5/c1-4-30-11-8-23(28-30)27-24(31)18-12-20(34-17(2)16-33-3)14-21(13-18)35-19-6-7-22(26-15-19)25(32)29-9-5-10-29/h6-8,11-15,17H,4-5,9-10,16H2,1-3H3,(H,27,28,31)/t17-/m0/s1. The highest BCUT2D eigenvalue weighted by Crippen LogP contribution is 2.29. The number of methoxy groups -OCH3 is 1. The molecule has 35 heavy (non-hydrogen) atoms. The molecule has 0 radical (unpaired) electrons. The summed E-state index contributed by atoms with van der Waals surface area (Å²) in [6, 6.07) is 9.98. The molecule has 0 unspecified atom stereocenters. The van der Waals surface area contributed by atoms with Crippen molar-refractivity contribution in [2.45, 2.75) is 32.9 Å². The van der Waals surface area contributed by atoms with Crippen molar-refractivity contribution < 1.29 is 23.8 Å². The molecule has 2 aromatic heterocycles. The van der Waals surface area contributed by atoms with Crippen LogP contribution in [-0.2, 0) is 11.3 Å². The van der Waals surface area contributed by atoms with Gasteiger partial charge in [0.2, 0.25) is 0 Å². The number of hydrogen-bond donors (Lipinski definition) is 1. The third-order valence-electron chi connectivity index (χ3n) is 5.42. The quantitative estimate of drug-likeness (QED) is 0.473. The molecule has 4 rings (SSSR count). The largest absolute Gasteiger partial charge is 0.488 e. The van der Waals surface area contributed by atoms with Crippen molar-refractivity contribution in [2.75, 3.05) is 32.1 Å². The molecule has 0 bridgehead atoms. The molecule has 10 heteroatoms. The fourth-order valence-corrected chi connectivity index (χ4v) is 3.51. The van der Waals surface area contributed by atoms with Crippen LogP contribution >= 0.6 is 0 Å². The van der Waals surface area contributed by atoms with E-state index in [0.29, 0.717) is 47.5 Å². The van der Waals surface area contributed by atoms with Gasteiger partial charge in [-0.15, -0.1) is 0 Å². The molecule has 1 saturated heterocycles. The zero-order valence-electron chi connectivity index (χ0n) is 20.1. The van der Waals surface area contributed by atoms with Crippen molar-refractivity contribution in [1.82, 2.24) is 19.7 Å². The van der Waals surface area contributed by atoms with E-state index >= 15 is 0 Å². The summed E-state index contributed by atoms with van der Waals surface area (Å²) in [5.41, 5.74) is 0.708. The molecule has 1 fully saturated rings. The Morgan fingerprint density at radius 1 is 1.11 bits per heavy atom. The average Bonchev–Trinajstić information content (AvgIpc) is 3.26. The van der Waals surface area contributed by atoms with Crippen LogP contribution in [0.3, 0.4) is 0 Å². The summed E-state index contributed by atoms with van der Waals surface area (Å²) in [5, 5.41) is 7.08. The SMILES string of the molecule is CCn1ccc(NC(=O)c2cc(Oc3ccc(C(=O)N4CCC4)nc3)cc(O[C@@H](C)COC)c2)n1. The lowest BCUT2D eigenvalue weighted by Gasteiger charge is -2.30. The number of nitrogens with one attached hydrogen (secondary N) is 1. The number of nitrogens with zero attached hydrogens (tertiary/aromatic N) is 4. The molecule has 10 nitrogen and oxygen atoms in total. The Labute approximate surface area is 203 Å². The van der Waals surface area contributed by atoms with Crippen molar-refractivity contribution in [2.24, 2.45) is 0 Å². The fraction of sp³-hybridized carbons (Fsp3) is 0.360. The number of aryl methyl sites for hydroxylation is 1. The van der Waals surface area contributed by atoms with Gasteiger partial charge >= 0.3 is 0 Å². The van der Waals surface area contributed by atoms with E-state index in [4.69, 9.17) is 14.2 Å². The highest BCUT2D eigenvalue weighted by atomic mass is 16.5. The first kappa shape index (κ1) is 24.2. The monoisotopic (exact) mass is 479 g/mol. The van der Waals surface area contributed by atoms with E-state index in [1.54, 1.807) is 59.3 Å². The molecular formula is C25H29N5O5. The van der Waals surface area contributed by atoms with E-state index in [2.05, 4.69) is 15.4 Å². The number of hydrogen-bond acceptors (Lipinski definition) is 7. The zero-order chi connectivity index (χ0) is 24.8. The zero-order valence-corrected chi connectivity index (χ0v) is 20.1. The van der Waals surface area contributed by atoms with E-state index in [1.165, 1.54) is 6.20 Å². The molecule has 184 valence electrons. The number of anilines is 1. The van der Waals surface area contributed by atoms with Crippen LogP contribution in [0.5, 0.6) is 17.2 Å². The summed E-state index contributed by atoms with van der Waals surface area (Å²) in [7, 11) is 1.59. The summed E-state index contributed by atoms with van der Waals surface area (Å²) in [5.74, 6) is 1.28. The van der Waals surface area contributed by atoms with Gasteiger partial charge in [0.1, 0.15) is 29.0 Å². The summed E-state index contributed by atoms with van der Waals surface area (Å²) in [4.78, 5) is 31.3. The van der Waals surface area contributed by atoms with Gasteiger partial charge in [-0.1, -0.05) is 0 Å². The second-order valence-electron chi connectivity index (χ2n) is 8.21. The summed E-state index contributed by atoms with van der Waals surface area (Å²) < 4.78 is 18.7. The van der Waals surface area contributed by atoms with E-state index in [1.807, 2.05) is 13.8 Å². The van der Waals surface area contributed by atoms with Gasteiger partial charge in [-0.3, -0.25) is 14.3 Å². The first-order valence-electron chi connectivity index (χ1n) is 11.5. The van der Waals surface area contributed by atoms with Crippen LogP contribution in [-0.4, -0.2) is 64.4 Å². The van der Waals surface area contributed by atoms with Gasteiger partial charge in [-0.05, 0) is 44.5 Å². The maximum Gasteiger partial charge on any atom is 0.272 e. The molecule has 3 aromatic rings. The minimum Gasteiger partial charge on any atom is -0.488 e. The third-order valence-corrected chi connectivity index (χ3v) is 5.42. The number of likely N-dealkylation sites (tertiary alicyclic amines) is 1. The number of pyridine rings is 1. The van der Waals surface area contributed by atoms with Gasteiger partial charge in [0.25, 0.3) is 11.8 Å². The van der Waals surface area contributed by atoms with E-state index in [-0.39, 0.29) is 17.9 Å². The fourth-order valence-electron chi connectivity index (χ4n) is 3.51. The van der Waals surface area contributed by atoms with Crippen LogP contribution in [0.2, 0.25) is 0 Å². The van der Waals surface area contributed by atoms with Crippen LogP contribution in [0.25, 0.3) is 0 Å². The number of carbonyl (C=O) groups excluding carboxylic acids is 2. The molecule has 0 aliphatic carbocycles. The van der Waals surface area contributed by atoms with E-state index in [0.717, 1.165) is 19.5 Å². The van der Waals surface area contributed by atoms with Crippen LogP contribution in [0.4, 0.5) is 5.82 Å². The minimum absolute atomic E-state index is 0.0881. The first-order chi connectivity index (χ1) is 16.9. The third kappa shape index (κ3) is 6.15. The predicted octanol–water partition coefficient (Wildman–Crippen LogP) is 3.60. The number of aromatic nitrogens is 3. The van der Waals surface area contributed by atoms with Crippen molar-refractivity contribution >= 4 is 17.6 Å². The van der Waals surface area contributed by atoms with Gasteiger partial charge in [0.05, 0.1) is 12.8 Å². The van der Waals surface area contributed by atoms with Crippen molar-refractivity contribution in [1.29, 1.82) is 0 Å². The Kier molecular flexibility index (Phi) is 7.61. The molecule has 3 heterocycles. The van der Waals surface area contributed by atoms with Crippen molar-refractivity contribution in [3.05, 3.63) is 60.0 Å². The minimum atomic E-state index is -0.352. The summed E-state index contributed by atoms with van der Waals surface area (Å²) >= 11 is 0. The summed E-state index contributed by atoms with van der Waals surface area (Å²) in [6.07, 6.45) is 4.06. The number of amides is 2. The molecular weight excluding hydrogens is 450 g/mol. The van der Waals surface area contributed by atoms with Gasteiger partial charge in [0.15, 0.2) is 5.82 Å². The Morgan fingerprint density at radius 3 is 2.54 bits per heavy atom. The van der Waals surface area contributed by atoms with E-state index in [9.17, 15) is 9.59 Å². The first-order valence-corrected chi connectivity index (χ1v) is 11.5. The molecule has 2 amide bonds. The molecule has 0 spiro atoms. The lowest BCUT2D eigenvalue weighted by atomic mass is 10.2. The summed E-state index contributed by atoms with van der Waals surface area (Å²) in [6.45, 7) is 6.44. The maximum absolute atomic E-state index is 12.9. The molecule has 1 N–H and O–H groups in total. The number of carbonyl (C=O) groups is 2. The van der Waals surface area contributed by atoms with Gasteiger partial charge in [0, 0.05) is 50.6 Å². The average molecular weight is 480 g/mol. The number of benzene rings is 1. The molecule has 1 aromatic carbocycles. The lowest BCUT2D eigenvalue weighted by Crippen LogP contribution is -2.42. The molecule has 1 atom stereocenters. The lowest BCUT2D eigenvalue weighted by molar-refractivity contribution is 0.0645. The topological polar surface area (TPSA) is 108 Å². The second kappa shape index (κ2) is 11.0. The maximum atomic E-state index is 12.9. The number of ether oxygens (including phenoxy) is 3.